The van der Waals surface area contributed by atoms with Crippen LogP contribution in [0.3, 0.4) is 0 Å². The van der Waals surface area contributed by atoms with Crippen molar-refractivity contribution in [3.63, 3.8) is 0 Å². The lowest BCUT2D eigenvalue weighted by Crippen LogP contribution is -2.40. The van der Waals surface area contributed by atoms with Crippen molar-refractivity contribution in [3.8, 4) is 0 Å². The standard InChI is InChI=1S/C9H20N2O2/c1-7(12-4)11-6-9(2,3)8(10)13-5/h6-8H,10H2,1-5H3/b11-6-/t7-,8?/m1/s1. The van der Waals surface area contributed by atoms with Gasteiger partial charge < -0.3 is 15.2 Å². The quantitative estimate of drug-likeness (QED) is 0.517. The second-order valence-electron chi connectivity index (χ2n) is 3.59. The summed E-state index contributed by atoms with van der Waals surface area (Å²) in [6, 6.07) is 0. The van der Waals surface area contributed by atoms with E-state index in [9.17, 15) is 0 Å². The molecule has 0 fully saturated rings. The molecule has 78 valence electrons. The normalized spacial score (nSPS) is 17.7. The van der Waals surface area contributed by atoms with E-state index in [2.05, 4.69) is 4.99 Å². The van der Waals surface area contributed by atoms with E-state index in [0.29, 0.717) is 0 Å². The molecule has 13 heavy (non-hydrogen) atoms. The van der Waals surface area contributed by atoms with Crippen molar-refractivity contribution in [1.29, 1.82) is 0 Å². The van der Waals surface area contributed by atoms with E-state index < -0.39 is 0 Å². The number of ether oxygens (including phenoxy) is 2. The van der Waals surface area contributed by atoms with Crippen LogP contribution in [0.25, 0.3) is 0 Å². The molecule has 0 aliphatic carbocycles. The van der Waals surface area contributed by atoms with Crippen molar-refractivity contribution in [3.05, 3.63) is 0 Å². The highest BCUT2D eigenvalue weighted by molar-refractivity contribution is 5.65. The summed E-state index contributed by atoms with van der Waals surface area (Å²) in [7, 11) is 3.20. The Hall–Kier alpha value is -0.450. The number of hydrogen-bond donors (Lipinski definition) is 1. The first-order chi connectivity index (χ1) is 5.94. The smallest absolute Gasteiger partial charge is 0.144 e. The molecule has 0 spiro atoms. The minimum atomic E-state index is -0.347. The molecule has 0 amide bonds. The van der Waals surface area contributed by atoms with Crippen molar-refractivity contribution < 1.29 is 9.47 Å². The minimum Gasteiger partial charge on any atom is -0.366 e. The summed E-state index contributed by atoms with van der Waals surface area (Å²) < 4.78 is 10.0. The van der Waals surface area contributed by atoms with E-state index in [-0.39, 0.29) is 17.9 Å². The molecule has 2 atom stereocenters. The molecule has 2 N–H and O–H groups in total. The van der Waals surface area contributed by atoms with Crippen LogP contribution < -0.4 is 5.73 Å². The van der Waals surface area contributed by atoms with Crippen LogP contribution in [-0.2, 0) is 9.47 Å². The molecule has 1 unspecified atom stereocenters. The van der Waals surface area contributed by atoms with Gasteiger partial charge in [0.1, 0.15) is 12.5 Å². The van der Waals surface area contributed by atoms with Crippen molar-refractivity contribution in [2.24, 2.45) is 16.1 Å². The molecule has 4 nitrogen and oxygen atoms in total. The molecule has 0 aliphatic rings. The Balaban J connectivity index is 4.22. The van der Waals surface area contributed by atoms with Gasteiger partial charge >= 0.3 is 0 Å². The molecule has 0 aromatic heterocycles. The lowest BCUT2D eigenvalue weighted by atomic mass is 9.93. The fourth-order valence-corrected chi connectivity index (χ4v) is 0.735. The first-order valence-electron chi connectivity index (χ1n) is 4.29. The van der Waals surface area contributed by atoms with Crippen LogP contribution in [0.1, 0.15) is 20.8 Å². The highest BCUT2D eigenvalue weighted by atomic mass is 16.5. The zero-order valence-corrected chi connectivity index (χ0v) is 9.07. The van der Waals surface area contributed by atoms with Gasteiger partial charge in [0.2, 0.25) is 0 Å². The Morgan fingerprint density at radius 1 is 1.31 bits per heavy atom. The van der Waals surface area contributed by atoms with Gasteiger partial charge in [0, 0.05) is 25.8 Å². The second kappa shape index (κ2) is 5.32. The molecule has 0 saturated carbocycles. The third-order valence-electron chi connectivity index (χ3n) is 1.95. The Kier molecular flexibility index (Phi) is 5.13. The molecule has 0 aromatic rings. The fourth-order valence-electron chi connectivity index (χ4n) is 0.735. The van der Waals surface area contributed by atoms with Crippen LogP contribution in [0.2, 0.25) is 0 Å². The summed E-state index contributed by atoms with van der Waals surface area (Å²) in [5.41, 5.74) is 5.45. The maximum absolute atomic E-state index is 5.72. The number of rotatable bonds is 5. The van der Waals surface area contributed by atoms with E-state index in [1.165, 1.54) is 0 Å². The van der Waals surface area contributed by atoms with Gasteiger partial charge in [-0.2, -0.15) is 0 Å². The third-order valence-corrected chi connectivity index (χ3v) is 1.95. The maximum Gasteiger partial charge on any atom is 0.144 e. The van der Waals surface area contributed by atoms with E-state index in [4.69, 9.17) is 15.2 Å². The Morgan fingerprint density at radius 3 is 2.23 bits per heavy atom. The summed E-state index contributed by atoms with van der Waals surface area (Å²) in [5.74, 6) is 0. The summed E-state index contributed by atoms with van der Waals surface area (Å²) >= 11 is 0. The fraction of sp³-hybridized carbons (Fsp3) is 0.889. The van der Waals surface area contributed by atoms with E-state index in [1.54, 1.807) is 20.4 Å². The molecule has 0 radical (unpaired) electrons. The minimum absolute atomic E-state index is 0.136. The molecule has 0 aromatic carbocycles. The summed E-state index contributed by atoms with van der Waals surface area (Å²) in [6.45, 7) is 5.80. The van der Waals surface area contributed by atoms with Crippen LogP contribution in [0.15, 0.2) is 4.99 Å². The molecular formula is C9H20N2O2. The summed E-state index contributed by atoms with van der Waals surface area (Å²) in [5, 5.41) is 0. The van der Waals surface area contributed by atoms with Gasteiger partial charge in [-0.3, -0.25) is 4.99 Å². The average Bonchev–Trinajstić information content (AvgIpc) is 2.12. The average molecular weight is 188 g/mol. The number of nitrogens with two attached hydrogens (primary N) is 1. The van der Waals surface area contributed by atoms with Crippen LogP contribution in [0.4, 0.5) is 0 Å². The molecule has 0 heterocycles. The van der Waals surface area contributed by atoms with Gasteiger partial charge in [-0.25, -0.2) is 0 Å². The molecule has 0 rings (SSSR count). The van der Waals surface area contributed by atoms with Gasteiger partial charge in [-0.1, -0.05) is 13.8 Å². The first-order valence-corrected chi connectivity index (χ1v) is 4.29. The Morgan fingerprint density at radius 2 is 1.85 bits per heavy atom. The van der Waals surface area contributed by atoms with Crippen LogP contribution in [0, 0.1) is 5.41 Å². The van der Waals surface area contributed by atoms with Crippen molar-refractivity contribution in [1.82, 2.24) is 0 Å². The van der Waals surface area contributed by atoms with Crippen LogP contribution in [-0.4, -0.2) is 32.9 Å². The van der Waals surface area contributed by atoms with Gasteiger partial charge in [0.15, 0.2) is 0 Å². The Labute approximate surface area is 80.1 Å². The Bertz CT molecular complexity index is 169. The largest absolute Gasteiger partial charge is 0.366 e. The molecule has 0 saturated heterocycles. The van der Waals surface area contributed by atoms with Crippen LogP contribution >= 0.6 is 0 Å². The van der Waals surface area contributed by atoms with Gasteiger partial charge in [0.05, 0.1) is 0 Å². The third kappa shape index (κ3) is 4.36. The predicted molar refractivity (Wildman–Crippen MR) is 53.7 cm³/mol. The van der Waals surface area contributed by atoms with Gasteiger partial charge in [-0.05, 0) is 6.92 Å². The lowest BCUT2D eigenvalue weighted by molar-refractivity contribution is 0.0469. The highest BCUT2D eigenvalue weighted by Crippen LogP contribution is 2.16. The summed E-state index contributed by atoms with van der Waals surface area (Å²) in [4.78, 5) is 4.18. The number of nitrogens with zero attached hydrogens (tertiary/aromatic N) is 1. The summed E-state index contributed by atoms with van der Waals surface area (Å²) in [6.07, 6.45) is 1.29. The zero-order valence-electron chi connectivity index (χ0n) is 9.07. The number of hydrogen-bond acceptors (Lipinski definition) is 4. The topological polar surface area (TPSA) is 56.8 Å². The van der Waals surface area contributed by atoms with E-state index >= 15 is 0 Å². The van der Waals surface area contributed by atoms with Gasteiger partial charge in [0.25, 0.3) is 0 Å². The predicted octanol–water partition coefficient (Wildman–Crippen LogP) is 1.01. The monoisotopic (exact) mass is 188 g/mol. The molecular weight excluding hydrogens is 168 g/mol. The van der Waals surface area contributed by atoms with Gasteiger partial charge in [-0.15, -0.1) is 0 Å². The second-order valence-corrected chi connectivity index (χ2v) is 3.59. The zero-order chi connectivity index (χ0) is 10.5. The maximum atomic E-state index is 5.72. The van der Waals surface area contributed by atoms with E-state index in [1.807, 2.05) is 20.8 Å². The highest BCUT2D eigenvalue weighted by Gasteiger charge is 2.24. The molecule has 4 heteroatoms. The van der Waals surface area contributed by atoms with Crippen molar-refractivity contribution in [2.75, 3.05) is 14.2 Å². The van der Waals surface area contributed by atoms with Crippen molar-refractivity contribution >= 4 is 6.21 Å². The lowest BCUT2D eigenvalue weighted by Gasteiger charge is -2.26. The van der Waals surface area contributed by atoms with Crippen molar-refractivity contribution in [2.45, 2.75) is 33.2 Å². The van der Waals surface area contributed by atoms with Crippen LogP contribution in [0.5, 0.6) is 0 Å². The molecule has 0 bridgehead atoms. The molecule has 0 aliphatic heterocycles. The van der Waals surface area contributed by atoms with E-state index in [0.717, 1.165) is 0 Å². The number of aliphatic imine (C=N–C) groups is 1. The number of methoxy groups -OCH3 is 2. The first kappa shape index (κ1) is 12.6. The SMILES string of the molecule is COC(N)C(C)(C)/C=N\[C@@H](C)OC.